The molecule has 2 aromatic carbocycles. The second-order valence-corrected chi connectivity index (χ2v) is 8.02. The maximum absolute atomic E-state index is 13.2. The van der Waals surface area contributed by atoms with Gasteiger partial charge in [0.25, 0.3) is 0 Å². The third-order valence-electron chi connectivity index (χ3n) is 4.16. The van der Waals surface area contributed by atoms with Crippen LogP contribution in [0.3, 0.4) is 0 Å². The molecular formula is C19H23FN2O3S. The molecule has 0 saturated heterocycles. The van der Waals surface area contributed by atoms with E-state index >= 15 is 0 Å². The lowest BCUT2D eigenvalue weighted by molar-refractivity contribution is -0.116. The number of nitrogens with one attached hydrogen (secondary N) is 1. The standard InChI is InChI=1S/C19H23FN2O3S/c1-5-15-8-6-7-13(2)18(15)21-19(23)14(3)22(26(4,24)25)17-11-9-16(20)10-12-17/h6-12,14H,5H2,1-4H3,(H,21,23)/t14-/m1/s1. The molecule has 1 amide bonds. The number of anilines is 2. The number of carbonyl (C=O) groups is 1. The van der Waals surface area contributed by atoms with E-state index in [0.29, 0.717) is 5.69 Å². The summed E-state index contributed by atoms with van der Waals surface area (Å²) in [7, 11) is -3.74. The highest BCUT2D eigenvalue weighted by atomic mass is 32.2. The zero-order valence-corrected chi connectivity index (χ0v) is 16.1. The van der Waals surface area contributed by atoms with E-state index in [9.17, 15) is 17.6 Å². The second kappa shape index (κ2) is 7.86. The van der Waals surface area contributed by atoms with Crippen LogP contribution in [0.2, 0.25) is 0 Å². The summed E-state index contributed by atoms with van der Waals surface area (Å²) in [5.41, 5.74) is 2.80. The lowest BCUT2D eigenvalue weighted by atomic mass is 10.1. The van der Waals surface area contributed by atoms with Crippen LogP contribution in [-0.4, -0.2) is 26.6 Å². The molecule has 0 aliphatic rings. The van der Waals surface area contributed by atoms with Gasteiger partial charge < -0.3 is 5.32 Å². The van der Waals surface area contributed by atoms with E-state index in [1.807, 2.05) is 32.0 Å². The van der Waals surface area contributed by atoms with Crippen molar-refractivity contribution >= 4 is 27.3 Å². The summed E-state index contributed by atoms with van der Waals surface area (Å²) in [5.74, 6) is -0.935. The van der Waals surface area contributed by atoms with Crippen molar-refractivity contribution in [3.8, 4) is 0 Å². The monoisotopic (exact) mass is 378 g/mol. The SMILES string of the molecule is CCc1cccc(C)c1NC(=O)[C@@H](C)N(c1ccc(F)cc1)S(C)(=O)=O. The number of carbonyl (C=O) groups excluding carboxylic acids is 1. The number of amides is 1. The second-order valence-electron chi connectivity index (χ2n) is 6.16. The van der Waals surface area contributed by atoms with Crippen molar-refractivity contribution in [1.29, 1.82) is 0 Å². The van der Waals surface area contributed by atoms with E-state index in [4.69, 9.17) is 0 Å². The van der Waals surface area contributed by atoms with Crippen LogP contribution in [0.4, 0.5) is 15.8 Å². The minimum atomic E-state index is -3.74. The van der Waals surface area contributed by atoms with Gasteiger partial charge >= 0.3 is 0 Å². The van der Waals surface area contributed by atoms with Crippen molar-refractivity contribution in [2.75, 3.05) is 15.9 Å². The lowest BCUT2D eigenvalue weighted by Gasteiger charge is -2.28. The van der Waals surface area contributed by atoms with Gasteiger partial charge in [-0.05, 0) is 55.7 Å². The first-order valence-corrected chi connectivity index (χ1v) is 10.1. The van der Waals surface area contributed by atoms with Crippen LogP contribution in [0.5, 0.6) is 0 Å². The molecule has 140 valence electrons. The van der Waals surface area contributed by atoms with Crippen molar-refractivity contribution in [1.82, 2.24) is 0 Å². The summed E-state index contributed by atoms with van der Waals surface area (Å²) in [4.78, 5) is 12.8. The molecule has 0 fully saturated rings. The highest BCUT2D eigenvalue weighted by molar-refractivity contribution is 7.92. The predicted octanol–water partition coefficient (Wildman–Crippen LogP) is 3.49. The van der Waals surface area contributed by atoms with Crippen LogP contribution in [0.1, 0.15) is 25.0 Å². The highest BCUT2D eigenvalue weighted by Crippen LogP contribution is 2.24. The molecule has 2 aromatic rings. The fourth-order valence-corrected chi connectivity index (χ4v) is 4.00. The summed E-state index contributed by atoms with van der Waals surface area (Å²) in [6.45, 7) is 5.37. The highest BCUT2D eigenvalue weighted by Gasteiger charge is 2.29. The molecule has 0 saturated carbocycles. The van der Waals surface area contributed by atoms with Gasteiger partial charge in [0.2, 0.25) is 15.9 Å². The van der Waals surface area contributed by atoms with Gasteiger partial charge in [-0.3, -0.25) is 9.10 Å². The molecule has 0 aromatic heterocycles. The van der Waals surface area contributed by atoms with E-state index in [2.05, 4.69) is 5.32 Å². The maximum atomic E-state index is 13.2. The van der Waals surface area contributed by atoms with Gasteiger partial charge in [-0.1, -0.05) is 25.1 Å². The van der Waals surface area contributed by atoms with Crippen LogP contribution < -0.4 is 9.62 Å². The number of hydrogen-bond acceptors (Lipinski definition) is 3. The van der Waals surface area contributed by atoms with Crippen LogP contribution in [-0.2, 0) is 21.2 Å². The molecule has 5 nitrogen and oxygen atoms in total. The molecule has 26 heavy (non-hydrogen) atoms. The van der Waals surface area contributed by atoms with E-state index in [1.54, 1.807) is 0 Å². The molecule has 0 aliphatic heterocycles. The van der Waals surface area contributed by atoms with Gasteiger partial charge in [0, 0.05) is 5.69 Å². The summed E-state index contributed by atoms with van der Waals surface area (Å²) < 4.78 is 38.7. The first-order chi connectivity index (χ1) is 12.1. The molecule has 7 heteroatoms. The lowest BCUT2D eigenvalue weighted by Crippen LogP contribution is -2.45. The normalized spacial score (nSPS) is 12.5. The molecule has 0 aliphatic carbocycles. The Kier molecular flexibility index (Phi) is 6.02. The van der Waals surface area contributed by atoms with E-state index in [1.165, 1.54) is 19.1 Å². The molecule has 0 bridgehead atoms. The Morgan fingerprint density at radius 2 is 1.81 bits per heavy atom. The number of para-hydroxylation sites is 1. The largest absolute Gasteiger partial charge is 0.324 e. The van der Waals surface area contributed by atoms with Gasteiger partial charge in [-0.2, -0.15) is 0 Å². The Hall–Kier alpha value is -2.41. The smallest absolute Gasteiger partial charge is 0.248 e. The molecule has 0 unspecified atom stereocenters. The third-order valence-corrected chi connectivity index (χ3v) is 5.40. The fraction of sp³-hybridized carbons (Fsp3) is 0.316. The first kappa shape index (κ1) is 19.9. The van der Waals surface area contributed by atoms with Crippen molar-refractivity contribution < 1.29 is 17.6 Å². The third kappa shape index (κ3) is 4.40. The average Bonchev–Trinajstić information content (AvgIpc) is 2.57. The number of benzene rings is 2. The minimum Gasteiger partial charge on any atom is -0.324 e. The molecular weight excluding hydrogens is 355 g/mol. The zero-order chi connectivity index (χ0) is 19.5. The van der Waals surface area contributed by atoms with Crippen molar-refractivity contribution in [2.24, 2.45) is 0 Å². The summed E-state index contributed by atoms with van der Waals surface area (Å²) in [5, 5.41) is 2.84. The molecule has 1 atom stereocenters. The molecule has 1 N–H and O–H groups in total. The quantitative estimate of drug-likeness (QED) is 0.837. The predicted molar refractivity (Wildman–Crippen MR) is 102 cm³/mol. The molecule has 0 radical (unpaired) electrons. The average molecular weight is 378 g/mol. The van der Waals surface area contributed by atoms with Gasteiger partial charge in [0.15, 0.2) is 0 Å². The topological polar surface area (TPSA) is 66.5 Å². The van der Waals surface area contributed by atoms with Gasteiger partial charge in [-0.25, -0.2) is 12.8 Å². The van der Waals surface area contributed by atoms with Gasteiger partial charge in [-0.15, -0.1) is 0 Å². The van der Waals surface area contributed by atoms with Crippen molar-refractivity contribution in [3.63, 3.8) is 0 Å². The zero-order valence-electron chi connectivity index (χ0n) is 15.3. The number of aryl methyl sites for hydroxylation is 2. The Morgan fingerprint density at radius 1 is 1.19 bits per heavy atom. The number of halogens is 1. The summed E-state index contributed by atoms with van der Waals surface area (Å²) in [6.07, 6.45) is 1.75. The molecule has 0 spiro atoms. The van der Waals surface area contributed by atoms with E-state index < -0.39 is 27.8 Å². The van der Waals surface area contributed by atoms with Crippen molar-refractivity contribution in [3.05, 3.63) is 59.4 Å². The van der Waals surface area contributed by atoms with Gasteiger partial charge in [0.05, 0.1) is 11.9 Å². The summed E-state index contributed by atoms with van der Waals surface area (Å²) in [6, 6.07) is 9.71. The Morgan fingerprint density at radius 3 is 2.35 bits per heavy atom. The van der Waals surface area contributed by atoms with Crippen LogP contribution in [0, 0.1) is 12.7 Å². The van der Waals surface area contributed by atoms with Crippen LogP contribution in [0.25, 0.3) is 0 Å². The van der Waals surface area contributed by atoms with Crippen molar-refractivity contribution in [2.45, 2.75) is 33.2 Å². The first-order valence-electron chi connectivity index (χ1n) is 8.29. The number of hydrogen-bond donors (Lipinski definition) is 1. The van der Waals surface area contributed by atoms with Crippen LogP contribution in [0.15, 0.2) is 42.5 Å². The van der Waals surface area contributed by atoms with Gasteiger partial charge in [0.1, 0.15) is 11.9 Å². The summed E-state index contributed by atoms with van der Waals surface area (Å²) >= 11 is 0. The Balaban J connectivity index is 2.36. The Labute approximate surface area is 153 Å². The Bertz CT molecular complexity index is 896. The number of rotatable bonds is 6. The minimum absolute atomic E-state index is 0.233. The number of nitrogens with zero attached hydrogens (tertiary/aromatic N) is 1. The maximum Gasteiger partial charge on any atom is 0.248 e. The molecule has 2 rings (SSSR count). The number of sulfonamides is 1. The molecule has 0 heterocycles. The fourth-order valence-electron chi connectivity index (χ4n) is 2.83. The van der Waals surface area contributed by atoms with E-state index in [-0.39, 0.29) is 5.69 Å². The van der Waals surface area contributed by atoms with Crippen LogP contribution >= 0.6 is 0 Å². The van der Waals surface area contributed by atoms with E-state index in [0.717, 1.165) is 40.2 Å².